The number of halogens is 8. The van der Waals surface area contributed by atoms with Crippen LogP contribution in [0.3, 0.4) is 0 Å². The fourth-order valence-corrected chi connectivity index (χ4v) is 0.515. The number of hydrogen-bond donors (Lipinski definition) is 0. The van der Waals surface area contributed by atoms with Gasteiger partial charge in [-0.2, -0.15) is 35.1 Å². The van der Waals surface area contributed by atoms with Gasteiger partial charge < -0.3 is 4.74 Å². The van der Waals surface area contributed by atoms with Crippen LogP contribution in [0.4, 0.5) is 35.1 Å². The highest BCUT2D eigenvalue weighted by atomic mass is 19.4. The third-order valence-corrected chi connectivity index (χ3v) is 1.30. The molecule has 0 aliphatic rings. The van der Waals surface area contributed by atoms with Gasteiger partial charge in [0.25, 0.3) is 0 Å². The molecule has 16 heavy (non-hydrogen) atoms. The molecular weight excluding hydrogens is 256 g/mol. The van der Waals surface area contributed by atoms with Gasteiger partial charge in [0.1, 0.15) is 0 Å². The van der Waals surface area contributed by atoms with Gasteiger partial charge in [0.2, 0.25) is 0 Å². The highest BCUT2D eigenvalue weighted by Crippen LogP contribution is 2.46. The van der Waals surface area contributed by atoms with E-state index in [0.717, 1.165) is 0 Å². The van der Waals surface area contributed by atoms with E-state index in [1.807, 2.05) is 0 Å². The van der Waals surface area contributed by atoms with Crippen LogP contribution in [0.2, 0.25) is 0 Å². The fraction of sp³-hybridized carbons (Fsp3) is 0.833. The lowest BCUT2D eigenvalue weighted by atomic mass is 10.3. The molecule has 0 unspecified atom stereocenters. The smallest absolute Gasteiger partial charge is 0.315 e. The minimum Gasteiger partial charge on any atom is -0.315 e. The summed E-state index contributed by atoms with van der Waals surface area (Å²) < 4.78 is 97.2. The molecule has 0 aliphatic heterocycles. The summed E-state index contributed by atoms with van der Waals surface area (Å²) in [5, 5.41) is 0. The van der Waals surface area contributed by atoms with Crippen LogP contribution < -0.4 is 0 Å². The van der Waals surface area contributed by atoms with E-state index >= 15 is 0 Å². The normalized spacial score (nSPS) is 14.0. The van der Waals surface area contributed by atoms with E-state index in [1.165, 1.54) is 0 Å². The number of carbonyl (C=O) groups excluding carboxylic acids is 1. The van der Waals surface area contributed by atoms with Crippen LogP contribution >= 0.6 is 0 Å². The predicted octanol–water partition coefficient (Wildman–Crippen LogP) is 2.68. The van der Waals surface area contributed by atoms with Crippen molar-refractivity contribution in [1.29, 1.82) is 0 Å². The second kappa shape index (κ2) is 4.52. The molecule has 0 bridgehead atoms. The van der Waals surface area contributed by atoms with Crippen molar-refractivity contribution < 1.29 is 44.7 Å². The molecule has 96 valence electrons. The molecule has 2 nitrogen and oxygen atoms in total. The van der Waals surface area contributed by atoms with Crippen LogP contribution in [0.1, 0.15) is 6.42 Å². The molecular formula is C6H4F8O2. The number of ether oxygens (including phenoxy) is 1. The van der Waals surface area contributed by atoms with Crippen LogP contribution in [0.25, 0.3) is 0 Å². The summed E-state index contributed by atoms with van der Waals surface area (Å²) >= 11 is 0. The zero-order valence-corrected chi connectivity index (χ0v) is 7.25. The molecule has 0 atom stereocenters. The third kappa shape index (κ3) is 3.29. The highest BCUT2D eigenvalue weighted by Gasteiger charge is 2.74. The maximum Gasteiger partial charge on any atom is 0.462 e. The average molecular weight is 260 g/mol. The number of rotatable bonds is 5. The summed E-state index contributed by atoms with van der Waals surface area (Å²) in [5.41, 5.74) is 0. The predicted molar refractivity (Wildman–Crippen MR) is 32.6 cm³/mol. The van der Waals surface area contributed by atoms with Gasteiger partial charge in [-0.05, 0) is 0 Å². The molecule has 0 heterocycles. The largest absolute Gasteiger partial charge is 0.462 e. The Bertz CT molecular complexity index is 258. The van der Waals surface area contributed by atoms with Gasteiger partial charge in [0.15, 0.2) is 0 Å². The quantitative estimate of drug-likeness (QED) is 0.561. The Morgan fingerprint density at radius 3 is 1.75 bits per heavy atom. The molecule has 0 aromatic heterocycles. The van der Waals surface area contributed by atoms with Gasteiger partial charge in [-0.25, -0.2) is 0 Å². The van der Waals surface area contributed by atoms with E-state index in [9.17, 15) is 39.9 Å². The van der Waals surface area contributed by atoms with Crippen LogP contribution in [0.5, 0.6) is 0 Å². The van der Waals surface area contributed by atoms with Crippen molar-refractivity contribution in [2.45, 2.75) is 24.6 Å². The SMILES string of the molecule is O=C(F)CCOC(F)(F)C(F)(F)C(F)(F)F. The molecule has 0 N–H and O–H groups in total. The van der Waals surface area contributed by atoms with Gasteiger partial charge in [-0.15, -0.1) is 0 Å². The zero-order chi connectivity index (χ0) is 13.2. The summed E-state index contributed by atoms with van der Waals surface area (Å²) in [6, 6.07) is -2.17. The van der Waals surface area contributed by atoms with Crippen molar-refractivity contribution >= 4 is 6.04 Å². The Hall–Kier alpha value is -0.930. The summed E-state index contributed by atoms with van der Waals surface area (Å²) in [6.45, 7) is -1.59. The third-order valence-electron chi connectivity index (χ3n) is 1.30. The molecule has 0 fully saturated rings. The van der Waals surface area contributed by atoms with Gasteiger partial charge in [-0.1, -0.05) is 0 Å². The molecule has 0 amide bonds. The van der Waals surface area contributed by atoms with E-state index in [4.69, 9.17) is 0 Å². The summed E-state index contributed by atoms with van der Waals surface area (Å²) in [6.07, 6.45) is -13.7. The first-order chi connectivity index (χ1) is 6.92. The summed E-state index contributed by atoms with van der Waals surface area (Å²) in [4.78, 5) is 9.57. The lowest BCUT2D eigenvalue weighted by Crippen LogP contribution is -2.53. The van der Waals surface area contributed by atoms with Crippen molar-refractivity contribution in [1.82, 2.24) is 0 Å². The van der Waals surface area contributed by atoms with E-state index < -0.39 is 37.3 Å². The monoisotopic (exact) mass is 260 g/mol. The van der Waals surface area contributed by atoms with Crippen molar-refractivity contribution in [2.75, 3.05) is 6.61 Å². The summed E-state index contributed by atoms with van der Waals surface area (Å²) in [5.74, 6) is -6.42. The van der Waals surface area contributed by atoms with Crippen molar-refractivity contribution in [2.24, 2.45) is 0 Å². The molecule has 0 radical (unpaired) electrons. The number of hydrogen-bond acceptors (Lipinski definition) is 2. The Balaban J connectivity index is 4.59. The van der Waals surface area contributed by atoms with Crippen molar-refractivity contribution in [3.8, 4) is 0 Å². The molecule has 0 aromatic carbocycles. The zero-order valence-electron chi connectivity index (χ0n) is 7.25. The molecule has 0 saturated heterocycles. The Labute approximate surface area is 83.2 Å². The first-order valence-electron chi connectivity index (χ1n) is 3.56. The van der Waals surface area contributed by atoms with Crippen molar-refractivity contribution in [3.63, 3.8) is 0 Å². The standard InChI is InChI=1S/C6H4F8O2/c7-3(15)1-2-16-6(13,14)4(8,9)5(10,11)12/h1-2H2. The second-order valence-corrected chi connectivity index (χ2v) is 2.54. The van der Waals surface area contributed by atoms with Gasteiger partial charge in [0.05, 0.1) is 13.0 Å². The lowest BCUT2D eigenvalue weighted by molar-refractivity contribution is -0.423. The van der Waals surface area contributed by atoms with Crippen LogP contribution in [-0.2, 0) is 9.53 Å². The van der Waals surface area contributed by atoms with Crippen LogP contribution in [-0.4, -0.2) is 30.9 Å². The molecule has 0 aromatic rings. The number of carbonyl (C=O) groups is 1. The Kier molecular flexibility index (Phi) is 4.25. The van der Waals surface area contributed by atoms with Gasteiger partial charge in [0, 0.05) is 0 Å². The lowest BCUT2D eigenvalue weighted by Gasteiger charge is -2.27. The molecule has 0 rings (SSSR count). The molecule has 0 spiro atoms. The average Bonchev–Trinajstić information content (AvgIpc) is 2.00. The highest BCUT2D eigenvalue weighted by molar-refractivity contribution is 5.67. The Morgan fingerprint density at radius 2 is 1.44 bits per heavy atom. The van der Waals surface area contributed by atoms with E-state index in [-0.39, 0.29) is 0 Å². The van der Waals surface area contributed by atoms with Crippen molar-refractivity contribution in [3.05, 3.63) is 0 Å². The number of alkyl halides is 7. The maximum atomic E-state index is 12.2. The minimum absolute atomic E-state index is 1.34. The minimum atomic E-state index is -6.52. The molecule has 0 aliphatic carbocycles. The fourth-order valence-electron chi connectivity index (χ4n) is 0.515. The van der Waals surface area contributed by atoms with Crippen LogP contribution in [0, 0.1) is 0 Å². The molecule has 0 saturated carbocycles. The van der Waals surface area contributed by atoms with E-state index in [2.05, 4.69) is 4.74 Å². The maximum absolute atomic E-state index is 12.2. The first-order valence-corrected chi connectivity index (χ1v) is 3.56. The van der Waals surface area contributed by atoms with Crippen LogP contribution in [0.15, 0.2) is 0 Å². The summed E-state index contributed by atoms with van der Waals surface area (Å²) in [7, 11) is 0. The molecule has 10 heteroatoms. The van der Waals surface area contributed by atoms with Gasteiger partial charge in [-0.3, -0.25) is 4.79 Å². The topological polar surface area (TPSA) is 26.3 Å². The van der Waals surface area contributed by atoms with E-state index in [1.54, 1.807) is 0 Å². The van der Waals surface area contributed by atoms with Gasteiger partial charge >= 0.3 is 24.2 Å². The van der Waals surface area contributed by atoms with E-state index in [0.29, 0.717) is 0 Å². The Morgan fingerprint density at radius 1 is 1.00 bits per heavy atom. The first kappa shape index (κ1) is 15.1. The second-order valence-electron chi connectivity index (χ2n) is 2.54.